The summed E-state index contributed by atoms with van der Waals surface area (Å²) in [6, 6.07) is 0. The van der Waals surface area contributed by atoms with Gasteiger partial charge in [0.1, 0.15) is 0 Å². The maximum absolute atomic E-state index is 5.76. The third-order valence-corrected chi connectivity index (χ3v) is 2.77. The normalized spacial score (nSPS) is 13.1. The van der Waals surface area contributed by atoms with E-state index in [2.05, 4.69) is 51.9 Å². The Kier molecular flexibility index (Phi) is 4.31. The topological polar surface area (TPSA) is 39.9 Å². The van der Waals surface area contributed by atoms with E-state index in [1.54, 1.807) is 0 Å². The molecule has 0 aromatic carbocycles. The largest absolute Gasteiger partial charge is 0.376 e. The SMILES string of the molecule is CCc1cn(C(C)(C)CCOC(C)(C)C)nn1. The zero-order chi connectivity index (χ0) is 13.1. The number of hydrogen-bond donors (Lipinski definition) is 0. The van der Waals surface area contributed by atoms with Gasteiger partial charge < -0.3 is 4.74 Å². The van der Waals surface area contributed by atoms with E-state index in [0.29, 0.717) is 0 Å². The van der Waals surface area contributed by atoms with Crippen LogP contribution in [0.5, 0.6) is 0 Å². The average Bonchev–Trinajstić information content (AvgIpc) is 2.63. The lowest BCUT2D eigenvalue weighted by molar-refractivity contribution is -0.0153. The Bertz CT molecular complexity index is 350. The molecule has 0 bridgehead atoms. The molecular formula is C13H25N3O. The van der Waals surface area contributed by atoms with Crippen molar-refractivity contribution in [1.82, 2.24) is 15.0 Å². The van der Waals surface area contributed by atoms with Gasteiger partial charge in [-0.1, -0.05) is 12.1 Å². The molecule has 98 valence electrons. The van der Waals surface area contributed by atoms with Crippen molar-refractivity contribution in [2.45, 2.75) is 65.5 Å². The summed E-state index contributed by atoms with van der Waals surface area (Å²) < 4.78 is 7.70. The molecule has 1 heterocycles. The van der Waals surface area contributed by atoms with Gasteiger partial charge in [0, 0.05) is 12.8 Å². The lowest BCUT2D eigenvalue weighted by atomic mass is 10.0. The Morgan fingerprint density at radius 2 is 1.88 bits per heavy atom. The molecule has 0 saturated heterocycles. The maximum Gasteiger partial charge on any atom is 0.0824 e. The molecule has 4 nitrogen and oxygen atoms in total. The van der Waals surface area contributed by atoms with Crippen molar-refractivity contribution in [2.75, 3.05) is 6.61 Å². The first-order chi connectivity index (χ1) is 7.74. The zero-order valence-electron chi connectivity index (χ0n) is 11.9. The van der Waals surface area contributed by atoms with Gasteiger partial charge in [-0.3, -0.25) is 0 Å². The standard InChI is InChI=1S/C13H25N3O/c1-7-11-10-16(15-14-11)13(5,6)8-9-17-12(2,3)4/h10H,7-9H2,1-6H3. The highest BCUT2D eigenvalue weighted by atomic mass is 16.5. The highest BCUT2D eigenvalue weighted by molar-refractivity contribution is 4.94. The average molecular weight is 239 g/mol. The second-order valence-electron chi connectivity index (χ2n) is 6.03. The molecule has 0 radical (unpaired) electrons. The molecule has 0 unspecified atom stereocenters. The minimum Gasteiger partial charge on any atom is -0.376 e. The predicted molar refractivity (Wildman–Crippen MR) is 69.0 cm³/mol. The first-order valence-electron chi connectivity index (χ1n) is 6.30. The number of aromatic nitrogens is 3. The highest BCUT2D eigenvalue weighted by Gasteiger charge is 2.23. The number of aryl methyl sites for hydroxylation is 1. The van der Waals surface area contributed by atoms with Crippen LogP contribution in [0.25, 0.3) is 0 Å². The van der Waals surface area contributed by atoms with Gasteiger partial charge in [-0.05, 0) is 47.5 Å². The Balaban J connectivity index is 2.56. The summed E-state index contributed by atoms with van der Waals surface area (Å²) in [5.41, 5.74) is 0.911. The molecule has 0 aliphatic carbocycles. The van der Waals surface area contributed by atoms with Crippen molar-refractivity contribution in [3.8, 4) is 0 Å². The van der Waals surface area contributed by atoms with Crippen LogP contribution in [0.3, 0.4) is 0 Å². The van der Waals surface area contributed by atoms with Crippen LogP contribution in [0.1, 0.15) is 53.7 Å². The molecule has 0 spiro atoms. The number of rotatable bonds is 5. The third kappa shape index (κ3) is 4.46. The van der Waals surface area contributed by atoms with Crippen molar-refractivity contribution in [3.63, 3.8) is 0 Å². The number of nitrogens with zero attached hydrogens (tertiary/aromatic N) is 3. The smallest absolute Gasteiger partial charge is 0.0824 e. The van der Waals surface area contributed by atoms with Crippen molar-refractivity contribution in [2.24, 2.45) is 0 Å². The summed E-state index contributed by atoms with van der Waals surface area (Å²) >= 11 is 0. The van der Waals surface area contributed by atoms with Crippen LogP contribution in [0.15, 0.2) is 6.20 Å². The van der Waals surface area contributed by atoms with Gasteiger partial charge in [-0.15, -0.1) is 5.10 Å². The summed E-state index contributed by atoms with van der Waals surface area (Å²) in [5.74, 6) is 0. The summed E-state index contributed by atoms with van der Waals surface area (Å²) in [5, 5.41) is 8.31. The molecule has 0 amide bonds. The fourth-order valence-corrected chi connectivity index (χ4v) is 1.48. The van der Waals surface area contributed by atoms with Crippen molar-refractivity contribution >= 4 is 0 Å². The van der Waals surface area contributed by atoms with E-state index >= 15 is 0 Å². The lowest BCUT2D eigenvalue weighted by Crippen LogP contribution is -2.30. The Hall–Kier alpha value is -0.900. The second-order valence-corrected chi connectivity index (χ2v) is 6.03. The molecule has 0 aliphatic heterocycles. The molecule has 0 atom stereocenters. The summed E-state index contributed by atoms with van der Waals surface area (Å²) in [7, 11) is 0. The van der Waals surface area contributed by atoms with Crippen molar-refractivity contribution in [1.29, 1.82) is 0 Å². The van der Waals surface area contributed by atoms with Gasteiger partial charge in [-0.2, -0.15) is 0 Å². The fourth-order valence-electron chi connectivity index (χ4n) is 1.48. The van der Waals surface area contributed by atoms with Crippen molar-refractivity contribution in [3.05, 3.63) is 11.9 Å². The fraction of sp³-hybridized carbons (Fsp3) is 0.846. The van der Waals surface area contributed by atoms with E-state index < -0.39 is 0 Å². The van der Waals surface area contributed by atoms with Crippen LogP contribution < -0.4 is 0 Å². The molecule has 4 heteroatoms. The number of hydrogen-bond acceptors (Lipinski definition) is 3. The summed E-state index contributed by atoms with van der Waals surface area (Å²) in [4.78, 5) is 0. The van der Waals surface area contributed by atoms with E-state index in [-0.39, 0.29) is 11.1 Å². The van der Waals surface area contributed by atoms with E-state index in [1.165, 1.54) is 0 Å². The van der Waals surface area contributed by atoms with Gasteiger partial charge >= 0.3 is 0 Å². The minimum absolute atomic E-state index is 0.0499. The summed E-state index contributed by atoms with van der Waals surface area (Å²) in [6.07, 6.45) is 3.88. The molecule has 17 heavy (non-hydrogen) atoms. The van der Waals surface area contributed by atoms with Crippen LogP contribution in [-0.4, -0.2) is 27.2 Å². The molecule has 0 aliphatic rings. The first kappa shape index (κ1) is 14.2. The number of ether oxygens (including phenoxy) is 1. The van der Waals surface area contributed by atoms with Crippen LogP contribution in [0, 0.1) is 0 Å². The minimum atomic E-state index is -0.0764. The third-order valence-electron chi connectivity index (χ3n) is 2.77. The molecule has 0 fully saturated rings. The van der Waals surface area contributed by atoms with Gasteiger partial charge in [-0.25, -0.2) is 4.68 Å². The quantitative estimate of drug-likeness (QED) is 0.793. The van der Waals surface area contributed by atoms with Gasteiger partial charge in [0.15, 0.2) is 0 Å². The Morgan fingerprint density at radius 3 is 2.35 bits per heavy atom. The zero-order valence-corrected chi connectivity index (χ0v) is 11.9. The molecule has 0 N–H and O–H groups in total. The van der Waals surface area contributed by atoms with Gasteiger partial charge in [0.05, 0.1) is 16.8 Å². The Labute approximate surface area is 104 Å². The lowest BCUT2D eigenvalue weighted by Gasteiger charge is -2.27. The van der Waals surface area contributed by atoms with Crippen LogP contribution in [0.4, 0.5) is 0 Å². The molecule has 1 aromatic rings. The van der Waals surface area contributed by atoms with Crippen LogP contribution in [0.2, 0.25) is 0 Å². The molecule has 1 aromatic heterocycles. The van der Waals surface area contributed by atoms with E-state index in [9.17, 15) is 0 Å². The van der Waals surface area contributed by atoms with Crippen molar-refractivity contribution < 1.29 is 4.74 Å². The second kappa shape index (κ2) is 5.17. The first-order valence-corrected chi connectivity index (χ1v) is 6.30. The Morgan fingerprint density at radius 1 is 1.24 bits per heavy atom. The van der Waals surface area contributed by atoms with Crippen LogP contribution in [-0.2, 0) is 16.7 Å². The van der Waals surface area contributed by atoms with E-state index in [1.807, 2.05) is 10.9 Å². The van der Waals surface area contributed by atoms with Crippen LogP contribution >= 0.6 is 0 Å². The monoisotopic (exact) mass is 239 g/mol. The highest BCUT2D eigenvalue weighted by Crippen LogP contribution is 2.20. The molecule has 0 saturated carbocycles. The van der Waals surface area contributed by atoms with E-state index in [4.69, 9.17) is 4.74 Å². The van der Waals surface area contributed by atoms with Gasteiger partial charge in [0.2, 0.25) is 0 Å². The maximum atomic E-state index is 5.76. The van der Waals surface area contributed by atoms with Gasteiger partial charge in [0.25, 0.3) is 0 Å². The molecule has 1 rings (SSSR count). The predicted octanol–water partition coefficient (Wildman–Crippen LogP) is 2.78. The van der Waals surface area contributed by atoms with E-state index in [0.717, 1.165) is 25.1 Å². The summed E-state index contributed by atoms with van der Waals surface area (Å²) in [6.45, 7) is 13.4. The molecular weight excluding hydrogens is 214 g/mol.